The largest absolute Gasteiger partial charge is 0.484 e. The fraction of sp³-hybridized carbons (Fsp3) is 0.412. The average Bonchev–Trinajstić information content (AvgIpc) is 3.39. The Labute approximate surface area is 160 Å². The lowest BCUT2D eigenvalue weighted by Gasteiger charge is -2.34. The number of carbonyl (C=O) groups is 1. The Morgan fingerprint density at radius 1 is 1.25 bits per heavy atom. The number of amides is 1. The van der Waals surface area contributed by atoms with Crippen molar-refractivity contribution in [2.45, 2.75) is 13.5 Å². The first-order valence-corrected chi connectivity index (χ1v) is 8.93. The van der Waals surface area contributed by atoms with Crippen LogP contribution in [0.15, 0.2) is 35.1 Å². The molecule has 3 heterocycles. The molecule has 0 N–H and O–H groups in total. The lowest BCUT2D eigenvalue weighted by atomic mass is 10.3. The number of aromatic nitrogens is 6. The molecule has 0 atom stereocenters. The molecule has 0 bridgehead atoms. The van der Waals surface area contributed by atoms with Crippen LogP contribution in [0.25, 0.3) is 5.69 Å². The highest BCUT2D eigenvalue weighted by molar-refractivity contribution is 5.77. The minimum absolute atomic E-state index is 0.0108. The Bertz CT molecular complexity index is 918. The third kappa shape index (κ3) is 4.31. The molecule has 1 fully saturated rings. The summed E-state index contributed by atoms with van der Waals surface area (Å²) in [5.41, 5.74) is 0.764. The van der Waals surface area contributed by atoms with Gasteiger partial charge < -0.3 is 14.2 Å². The van der Waals surface area contributed by atoms with Gasteiger partial charge in [-0.1, -0.05) is 11.2 Å². The molecule has 4 rings (SSSR count). The van der Waals surface area contributed by atoms with Crippen molar-refractivity contribution < 1.29 is 14.1 Å². The van der Waals surface area contributed by atoms with E-state index < -0.39 is 0 Å². The van der Waals surface area contributed by atoms with Crippen LogP contribution in [0.3, 0.4) is 0 Å². The van der Waals surface area contributed by atoms with Gasteiger partial charge in [0.2, 0.25) is 5.89 Å². The van der Waals surface area contributed by atoms with Gasteiger partial charge in [0.15, 0.2) is 12.4 Å². The number of hydrogen-bond donors (Lipinski definition) is 0. The van der Waals surface area contributed by atoms with Gasteiger partial charge in [-0.25, -0.2) is 4.68 Å². The van der Waals surface area contributed by atoms with Gasteiger partial charge in [-0.05, 0) is 22.6 Å². The van der Waals surface area contributed by atoms with Gasteiger partial charge in [0, 0.05) is 39.2 Å². The van der Waals surface area contributed by atoms with Crippen LogP contribution in [0.5, 0.6) is 5.75 Å². The summed E-state index contributed by atoms with van der Waals surface area (Å²) < 4.78 is 12.2. The molecule has 2 aromatic heterocycles. The van der Waals surface area contributed by atoms with E-state index in [9.17, 15) is 4.79 Å². The molecule has 0 spiro atoms. The summed E-state index contributed by atoms with van der Waals surface area (Å²) in [6.45, 7) is 5.18. The molecule has 11 heteroatoms. The number of rotatable bonds is 6. The fourth-order valence-corrected chi connectivity index (χ4v) is 2.99. The third-order valence-electron chi connectivity index (χ3n) is 4.45. The van der Waals surface area contributed by atoms with Crippen LogP contribution in [-0.2, 0) is 11.3 Å². The van der Waals surface area contributed by atoms with E-state index in [0.717, 1.165) is 18.8 Å². The maximum atomic E-state index is 12.5. The number of ether oxygens (including phenoxy) is 1. The quantitative estimate of drug-likeness (QED) is 0.582. The molecule has 0 aliphatic carbocycles. The smallest absolute Gasteiger partial charge is 0.260 e. The van der Waals surface area contributed by atoms with E-state index in [2.05, 4.69) is 30.6 Å². The topological polar surface area (TPSA) is 115 Å². The molecule has 3 aromatic rings. The van der Waals surface area contributed by atoms with E-state index in [1.165, 1.54) is 11.0 Å². The minimum atomic E-state index is -0.0390. The van der Waals surface area contributed by atoms with Crippen molar-refractivity contribution in [1.82, 2.24) is 40.1 Å². The number of hydrogen-bond acceptors (Lipinski definition) is 9. The zero-order chi connectivity index (χ0) is 19.3. The number of benzene rings is 1. The lowest BCUT2D eigenvalue weighted by Crippen LogP contribution is -2.49. The van der Waals surface area contributed by atoms with Gasteiger partial charge in [0.05, 0.1) is 12.2 Å². The standard InChI is InChI=1S/C17H20N8O3/c1-13-19-16(20-28-13)10-23-5-7-24(8-6-23)17(26)11-27-15-4-2-3-14(9-15)25-12-18-21-22-25/h2-4,9,12H,5-8,10-11H2,1H3. The van der Waals surface area contributed by atoms with Crippen molar-refractivity contribution in [3.8, 4) is 11.4 Å². The SMILES string of the molecule is Cc1nc(CN2CCN(C(=O)COc3cccc(-n4cnnn4)c3)CC2)no1. The number of aryl methyl sites for hydroxylation is 1. The average molecular weight is 384 g/mol. The van der Waals surface area contributed by atoms with E-state index in [4.69, 9.17) is 9.26 Å². The van der Waals surface area contributed by atoms with Crippen molar-refractivity contribution in [2.75, 3.05) is 32.8 Å². The van der Waals surface area contributed by atoms with Crippen LogP contribution < -0.4 is 4.74 Å². The maximum absolute atomic E-state index is 12.5. The molecule has 0 saturated carbocycles. The second-order valence-electron chi connectivity index (χ2n) is 6.43. The van der Waals surface area contributed by atoms with E-state index >= 15 is 0 Å². The summed E-state index contributed by atoms with van der Waals surface area (Å²) in [6.07, 6.45) is 1.50. The Hall–Kier alpha value is -3.34. The van der Waals surface area contributed by atoms with Crippen molar-refractivity contribution in [3.05, 3.63) is 42.3 Å². The van der Waals surface area contributed by atoms with Crippen LogP contribution in [0.4, 0.5) is 0 Å². The summed E-state index contributed by atoms with van der Waals surface area (Å²) >= 11 is 0. The molecule has 0 radical (unpaired) electrons. The molecule has 146 valence electrons. The highest BCUT2D eigenvalue weighted by Crippen LogP contribution is 2.16. The normalized spacial score (nSPS) is 15.0. The first-order chi connectivity index (χ1) is 13.7. The molecule has 1 aliphatic heterocycles. The van der Waals surface area contributed by atoms with Crippen molar-refractivity contribution in [1.29, 1.82) is 0 Å². The van der Waals surface area contributed by atoms with Gasteiger partial charge in [-0.3, -0.25) is 9.69 Å². The predicted molar refractivity (Wildman–Crippen MR) is 95.5 cm³/mol. The van der Waals surface area contributed by atoms with Gasteiger partial charge >= 0.3 is 0 Å². The summed E-state index contributed by atoms with van der Waals surface area (Å²) in [4.78, 5) is 20.7. The molecular formula is C17H20N8O3. The van der Waals surface area contributed by atoms with E-state index in [0.29, 0.717) is 37.1 Å². The number of piperazine rings is 1. The van der Waals surface area contributed by atoms with Crippen LogP contribution in [-0.4, -0.2) is 78.8 Å². The summed E-state index contributed by atoms with van der Waals surface area (Å²) in [5, 5.41) is 15.0. The van der Waals surface area contributed by atoms with Crippen LogP contribution in [0, 0.1) is 6.92 Å². The first-order valence-electron chi connectivity index (χ1n) is 8.93. The number of carbonyl (C=O) groups excluding carboxylic acids is 1. The molecule has 1 aromatic carbocycles. The van der Waals surface area contributed by atoms with Crippen molar-refractivity contribution in [3.63, 3.8) is 0 Å². The summed E-state index contributed by atoms with van der Waals surface area (Å²) in [5.74, 6) is 1.78. The Balaban J connectivity index is 1.25. The second-order valence-corrected chi connectivity index (χ2v) is 6.43. The zero-order valence-corrected chi connectivity index (χ0v) is 15.4. The molecule has 1 amide bonds. The zero-order valence-electron chi connectivity index (χ0n) is 15.4. The first kappa shape index (κ1) is 18.0. The van der Waals surface area contributed by atoms with E-state index in [1.807, 2.05) is 17.0 Å². The van der Waals surface area contributed by atoms with Gasteiger partial charge in [-0.2, -0.15) is 4.98 Å². The van der Waals surface area contributed by atoms with Crippen molar-refractivity contribution in [2.24, 2.45) is 0 Å². The molecule has 1 aliphatic rings. The van der Waals surface area contributed by atoms with Crippen molar-refractivity contribution >= 4 is 5.91 Å². The van der Waals surface area contributed by atoms with E-state index in [-0.39, 0.29) is 12.5 Å². The molecule has 0 unspecified atom stereocenters. The molecule has 11 nitrogen and oxygen atoms in total. The van der Waals surface area contributed by atoms with Gasteiger partial charge in [-0.15, -0.1) is 5.10 Å². The number of nitrogens with zero attached hydrogens (tertiary/aromatic N) is 8. The van der Waals surface area contributed by atoms with Gasteiger partial charge in [0.1, 0.15) is 12.1 Å². The number of tetrazole rings is 1. The highest BCUT2D eigenvalue weighted by Gasteiger charge is 2.22. The predicted octanol–water partition coefficient (Wildman–Crippen LogP) is 0.0769. The molecule has 28 heavy (non-hydrogen) atoms. The summed E-state index contributed by atoms with van der Waals surface area (Å²) in [7, 11) is 0. The van der Waals surface area contributed by atoms with E-state index in [1.54, 1.807) is 19.1 Å². The second kappa shape index (κ2) is 8.13. The lowest BCUT2D eigenvalue weighted by molar-refractivity contribution is -0.135. The fourth-order valence-electron chi connectivity index (χ4n) is 2.99. The Kier molecular flexibility index (Phi) is 5.24. The Morgan fingerprint density at radius 3 is 2.82 bits per heavy atom. The maximum Gasteiger partial charge on any atom is 0.260 e. The summed E-state index contributed by atoms with van der Waals surface area (Å²) in [6, 6.07) is 7.27. The van der Waals surface area contributed by atoms with Gasteiger partial charge in [0.25, 0.3) is 5.91 Å². The van der Waals surface area contributed by atoms with Crippen LogP contribution >= 0.6 is 0 Å². The molecule has 1 saturated heterocycles. The Morgan fingerprint density at radius 2 is 2.11 bits per heavy atom. The van der Waals surface area contributed by atoms with Crippen LogP contribution in [0.1, 0.15) is 11.7 Å². The minimum Gasteiger partial charge on any atom is -0.484 e. The molecular weight excluding hydrogens is 364 g/mol. The monoisotopic (exact) mass is 384 g/mol. The highest BCUT2D eigenvalue weighted by atomic mass is 16.5. The van der Waals surface area contributed by atoms with Crippen LogP contribution in [0.2, 0.25) is 0 Å². The third-order valence-corrected chi connectivity index (χ3v) is 4.45.